The van der Waals surface area contributed by atoms with Gasteiger partial charge in [0, 0.05) is 5.56 Å². The Labute approximate surface area is 76.5 Å². The van der Waals surface area contributed by atoms with Gasteiger partial charge in [0.2, 0.25) is 0 Å². The molecule has 0 aliphatic rings. The van der Waals surface area contributed by atoms with Crippen molar-refractivity contribution in [3.05, 3.63) is 35.4 Å². The van der Waals surface area contributed by atoms with Crippen LogP contribution in [0.5, 0.6) is 0 Å². The molecule has 1 N–H and O–H groups in total. The first kappa shape index (κ1) is 9.07. The van der Waals surface area contributed by atoms with E-state index in [0.717, 1.165) is 5.56 Å². The Morgan fingerprint density at radius 1 is 1.42 bits per heavy atom. The van der Waals surface area contributed by atoms with Crippen LogP contribution >= 0.6 is 11.6 Å². The standard InChI is InChI=1S/C9H10ClNO/c1-7-2-4-8(5-3-7)9(6-10)11-12/h2-5,12H,6H2,1H3/b11-9+. The van der Waals surface area contributed by atoms with Crippen molar-refractivity contribution in [2.24, 2.45) is 5.16 Å². The van der Waals surface area contributed by atoms with Crippen molar-refractivity contribution in [3.63, 3.8) is 0 Å². The normalized spacial score (nSPS) is 11.7. The summed E-state index contributed by atoms with van der Waals surface area (Å²) >= 11 is 5.55. The number of oxime groups is 1. The maximum absolute atomic E-state index is 8.55. The molecule has 12 heavy (non-hydrogen) atoms. The van der Waals surface area contributed by atoms with E-state index in [4.69, 9.17) is 16.8 Å². The summed E-state index contributed by atoms with van der Waals surface area (Å²) < 4.78 is 0. The largest absolute Gasteiger partial charge is 0.411 e. The highest BCUT2D eigenvalue weighted by Gasteiger charge is 2.00. The molecule has 2 nitrogen and oxygen atoms in total. The first-order valence-corrected chi connectivity index (χ1v) is 4.15. The second kappa shape index (κ2) is 4.12. The number of aryl methyl sites for hydroxylation is 1. The van der Waals surface area contributed by atoms with Gasteiger partial charge in [-0.05, 0) is 6.92 Å². The van der Waals surface area contributed by atoms with Gasteiger partial charge in [0.05, 0.1) is 5.88 Å². The second-order valence-electron chi connectivity index (χ2n) is 2.55. The van der Waals surface area contributed by atoms with Gasteiger partial charge in [-0.15, -0.1) is 11.6 Å². The third-order valence-electron chi connectivity index (χ3n) is 1.63. The Morgan fingerprint density at radius 3 is 2.42 bits per heavy atom. The number of nitrogens with zero attached hydrogens (tertiary/aromatic N) is 1. The van der Waals surface area contributed by atoms with E-state index in [1.165, 1.54) is 5.56 Å². The van der Waals surface area contributed by atoms with E-state index >= 15 is 0 Å². The van der Waals surface area contributed by atoms with Crippen LogP contribution in [0, 0.1) is 6.92 Å². The Hall–Kier alpha value is -1.02. The average molecular weight is 184 g/mol. The van der Waals surface area contributed by atoms with Gasteiger partial charge in [0.15, 0.2) is 0 Å². The molecule has 0 aliphatic carbocycles. The van der Waals surface area contributed by atoms with E-state index in [0.29, 0.717) is 5.71 Å². The van der Waals surface area contributed by atoms with Gasteiger partial charge in [-0.25, -0.2) is 0 Å². The molecule has 3 heteroatoms. The first-order chi connectivity index (χ1) is 5.77. The summed E-state index contributed by atoms with van der Waals surface area (Å²) in [7, 11) is 0. The summed E-state index contributed by atoms with van der Waals surface area (Å²) in [6, 6.07) is 7.67. The molecule has 64 valence electrons. The number of hydrogen-bond donors (Lipinski definition) is 1. The topological polar surface area (TPSA) is 32.6 Å². The Morgan fingerprint density at radius 2 is 2.00 bits per heavy atom. The van der Waals surface area contributed by atoms with E-state index < -0.39 is 0 Å². The predicted molar refractivity (Wildman–Crippen MR) is 50.2 cm³/mol. The van der Waals surface area contributed by atoms with E-state index in [1.54, 1.807) is 0 Å². The summed E-state index contributed by atoms with van der Waals surface area (Å²) in [4.78, 5) is 0. The molecule has 0 heterocycles. The van der Waals surface area contributed by atoms with Crippen LogP contribution in [0.4, 0.5) is 0 Å². The lowest BCUT2D eigenvalue weighted by Crippen LogP contribution is -2.01. The molecule has 1 rings (SSSR count). The second-order valence-corrected chi connectivity index (χ2v) is 2.81. The molecule has 0 spiro atoms. The fraction of sp³-hybridized carbons (Fsp3) is 0.222. The SMILES string of the molecule is Cc1ccc(/C(CCl)=N/O)cc1. The van der Waals surface area contributed by atoms with Crippen molar-refractivity contribution < 1.29 is 5.21 Å². The molecule has 0 aliphatic heterocycles. The van der Waals surface area contributed by atoms with Crippen LogP contribution in [0.1, 0.15) is 11.1 Å². The maximum Gasteiger partial charge on any atom is 0.101 e. The smallest absolute Gasteiger partial charge is 0.101 e. The molecule has 1 aromatic carbocycles. The zero-order valence-corrected chi connectivity index (χ0v) is 7.54. The number of rotatable bonds is 2. The van der Waals surface area contributed by atoms with Gasteiger partial charge in [-0.1, -0.05) is 35.0 Å². The van der Waals surface area contributed by atoms with Crippen molar-refractivity contribution in [2.75, 3.05) is 5.88 Å². The highest BCUT2D eigenvalue weighted by Crippen LogP contribution is 2.05. The zero-order valence-electron chi connectivity index (χ0n) is 6.79. The van der Waals surface area contributed by atoms with E-state index in [9.17, 15) is 0 Å². The third-order valence-corrected chi connectivity index (χ3v) is 1.89. The minimum Gasteiger partial charge on any atom is -0.411 e. The monoisotopic (exact) mass is 183 g/mol. The zero-order chi connectivity index (χ0) is 8.97. The quantitative estimate of drug-likeness (QED) is 0.325. The summed E-state index contributed by atoms with van der Waals surface area (Å²) in [6.07, 6.45) is 0. The molecular weight excluding hydrogens is 174 g/mol. The summed E-state index contributed by atoms with van der Waals surface area (Å²) in [5, 5.41) is 11.6. The summed E-state index contributed by atoms with van der Waals surface area (Å²) in [5.74, 6) is 0.222. The molecule has 0 amide bonds. The minimum atomic E-state index is 0.222. The van der Waals surface area contributed by atoms with Gasteiger partial charge in [-0.2, -0.15) is 0 Å². The molecule has 0 saturated heterocycles. The van der Waals surface area contributed by atoms with Crippen LogP contribution in [-0.4, -0.2) is 16.8 Å². The number of alkyl halides is 1. The summed E-state index contributed by atoms with van der Waals surface area (Å²) in [5.41, 5.74) is 2.53. The molecule has 0 fully saturated rings. The molecule has 0 atom stereocenters. The average Bonchev–Trinajstić information content (AvgIpc) is 2.10. The Kier molecular flexibility index (Phi) is 3.11. The van der Waals surface area contributed by atoms with Gasteiger partial charge in [0.1, 0.15) is 5.71 Å². The number of benzene rings is 1. The van der Waals surface area contributed by atoms with Crippen molar-refractivity contribution in [2.45, 2.75) is 6.92 Å². The number of hydrogen-bond acceptors (Lipinski definition) is 2. The summed E-state index contributed by atoms with van der Waals surface area (Å²) in [6.45, 7) is 2.00. The van der Waals surface area contributed by atoms with E-state index in [2.05, 4.69) is 5.16 Å². The lowest BCUT2D eigenvalue weighted by Gasteiger charge is -1.99. The molecular formula is C9H10ClNO. The van der Waals surface area contributed by atoms with Crippen molar-refractivity contribution in [3.8, 4) is 0 Å². The highest BCUT2D eigenvalue weighted by atomic mass is 35.5. The predicted octanol–water partition coefficient (Wildman–Crippen LogP) is 2.41. The lowest BCUT2D eigenvalue weighted by molar-refractivity contribution is 0.319. The van der Waals surface area contributed by atoms with Crippen LogP contribution in [0.15, 0.2) is 29.4 Å². The highest BCUT2D eigenvalue weighted by molar-refractivity contribution is 6.31. The van der Waals surface area contributed by atoms with Gasteiger partial charge < -0.3 is 5.21 Å². The van der Waals surface area contributed by atoms with Crippen LogP contribution in [0.3, 0.4) is 0 Å². The Bertz CT molecular complexity index is 279. The van der Waals surface area contributed by atoms with E-state index in [-0.39, 0.29) is 5.88 Å². The maximum atomic E-state index is 8.55. The van der Waals surface area contributed by atoms with Crippen molar-refractivity contribution >= 4 is 17.3 Å². The van der Waals surface area contributed by atoms with Crippen molar-refractivity contribution in [1.29, 1.82) is 0 Å². The molecule has 0 saturated carbocycles. The molecule has 0 unspecified atom stereocenters. The first-order valence-electron chi connectivity index (χ1n) is 3.62. The van der Waals surface area contributed by atoms with Gasteiger partial charge in [-0.3, -0.25) is 0 Å². The van der Waals surface area contributed by atoms with E-state index in [1.807, 2.05) is 31.2 Å². The Balaban J connectivity index is 2.96. The van der Waals surface area contributed by atoms with Crippen LogP contribution in [-0.2, 0) is 0 Å². The fourth-order valence-electron chi connectivity index (χ4n) is 0.908. The number of halogens is 1. The third kappa shape index (κ3) is 1.98. The van der Waals surface area contributed by atoms with Crippen LogP contribution in [0.25, 0.3) is 0 Å². The lowest BCUT2D eigenvalue weighted by atomic mass is 10.1. The molecule has 0 radical (unpaired) electrons. The van der Waals surface area contributed by atoms with Crippen LogP contribution in [0.2, 0.25) is 0 Å². The fourth-order valence-corrected chi connectivity index (χ4v) is 1.12. The van der Waals surface area contributed by atoms with Crippen LogP contribution < -0.4 is 0 Å². The minimum absolute atomic E-state index is 0.222. The van der Waals surface area contributed by atoms with Gasteiger partial charge >= 0.3 is 0 Å². The van der Waals surface area contributed by atoms with Gasteiger partial charge in [0.25, 0.3) is 0 Å². The molecule has 0 aromatic heterocycles. The van der Waals surface area contributed by atoms with Crippen molar-refractivity contribution in [1.82, 2.24) is 0 Å². The molecule has 1 aromatic rings. The molecule has 0 bridgehead atoms.